The van der Waals surface area contributed by atoms with Crippen LogP contribution in [0.15, 0.2) is 30.3 Å². The fourth-order valence-corrected chi connectivity index (χ4v) is 3.51. The number of ether oxygens (including phenoxy) is 1. The molecule has 1 amide bonds. The fourth-order valence-electron chi connectivity index (χ4n) is 2.63. The second kappa shape index (κ2) is 7.21. The molecule has 0 spiro atoms. The van der Waals surface area contributed by atoms with Crippen LogP contribution in [0.2, 0.25) is 0 Å². The maximum Gasteiger partial charge on any atom is 0.253 e. The molecule has 1 saturated heterocycles. The van der Waals surface area contributed by atoms with Gasteiger partial charge in [-0.3, -0.25) is 4.79 Å². The van der Waals surface area contributed by atoms with Crippen LogP contribution in [0.3, 0.4) is 0 Å². The number of amides is 1. The molecule has 0 saturated carbocycles. The molecule has 0 aromatic heterocycles. The van der Waals surface area contributed by atoms with Crippen molar-refractivity contribution in [1.82, 2.24) is 9.62 Å². The lowest BCUT2D eigenvalue weighted by molar-refractivity contribution is -0.132. The number of benzene rings is 1. The highest BCUT2D eigenvalue weighted by molar-refractivity contribution is 7.88. The Bertz CT molecular complexity index is 595. The first kappa shape index (κ1) is 16.9. The number of nitrogens with zero attached hydrogens (tertiary/aromatic N) is 1. The third kappa shape index (κ3) is 4.28. The SMILES string of the molecule is CO[C@H](C(=O)NC1CCN(S(C)(=O)=O)CC1)c1ccccc1. The van der Waals surface area contributed by atoms with E-state index in [0.717, 1.165) is 5.56 Å². The van der Waals surface area contributed by atoms with E-state index in [1.54, 1.807) is 0 Å². The summed E-state index contributed by atoms with van der Waals surface area (Å²) in [4.78, 5) is 12.4. The predicted molar refractivity (Wildman–Crippen MR) is 83.8 cm³/mol. The molecule has 22 heavy (non-hydrogen) atoms. The molecule has 6 nitrogen and oxygen atoms in total. The van der Waals surface area contributed by atoms with Gasteiger partial charge in [-0.1, -0.05) is 30.3 Å². The number of carbonyl (C=O) groups excluding carboxylic acids is 1. The molecule has 1 atom stereocenters. The third-order valence-corrected chi connectivity index (χ3v) is 5.15. The summed E-state index contributed by atoms with van der Waals surface area (Å²) in [5.41, 5.74) is 0.802. The minimum Gasteiger partial charge on any atom is -0.367 e. The van der Waals surface area contributed by atoms with Crippen molar-refractivity contribution in [3.05, 3.63) is 35.9 Å². The number of carbonyl (C=O) groups is 1. The zero-order valence-electron chi connectivity index (χ0n) is 12.9. The van der Waals surface area contributed by atoms with Gasteiger partial charge in [0.05, 0.1) is 6.26 Å². The Kier molecular flexibility index (Phi) is 5.55. The van der Waals surface area contributed by atoms with Gasteiger partial charge in [-0.05, 0) is 18.4 Å². The minimum atomic E-state index is -3.15. The quantitative estimate of drug-likeness (QED) is 0.873. The Morgan fingerprint density at radius 1 is 1.27 bits per heavy atom. The number of sulfonamides is 1. The van der Waals surface area contributed by atoms with E-state index < -0.39 is 16.1 Å². The van der Waals surface area contributed by atoms with E-state index in [-0.39, 0.29) is 11.9 Å². The standard InChI is InChI=1S/C15H22N2O4S/c1-21-14(12-6-4-3-5-7-12)15(18)16-13-8-10-17(11-9-13)22(2,19)20/h3-7,13-14H,8-11H2,1-2H3,(H,16,18)/t14-/m0/s1. The highest BCUT2D eigenvalue weighted by Gasteiger charge is 2.28. The van der Waals surface area contributed by atoms with E-state index in [9.17, 15) is 13.2 Å². The molecule has 0 unspecified atom stereocenters. The Morgan fingerprint density at radius 2 is 1.86 bits per heavy atom. The van der Waals surface area contributed by atoms with E-state index in [1.807, 2.05) is 30.3 Å². The van der Waals surface area contributed by atoms with Gasteiger partial charge in [-0.25, -0.2) is 12.7 Å². The van der Waals surface area contributed by atoms with Crippen molar-refractivity contribution >= 4 is 15.9 Å². The second-order valence-corrected chi connectivity index (χ2v) is 7.45. The van der Waals surface area contributed by atoms with Crippen molar-refractivity contribution in [2.24, 2.45) is 0 Å². The van der Waals surface area contributed by atoms with Gasteiger partial charge in [-0.2, -0.15) is 0 Å². The van der Waals surface area contributed by atoms with E-state index >= 15 is 0 Å². The lowest BCUT2D eigenvalue weighted by Gasteiger charge is -2.31. The summed E-state index contributed by atoms with van der Waals surface area (Å²) in [6.45, 7) is 0.875. The van der Waals surface area contributed by atoms with Gasteiger partial charge < -0.3 is 10.1 Å². The van der Waals surface area contributed by atoms with Crippen LogP contribution in [0.4, 0.5) is 0 Å². The summed E-state index contributed by atoms with van der Waals surface area (Å²) in [6.07, 6.45) is 1.80. The van der Waals surface area contributed by atoms with E-state index in [1.165, 1.54) is 17.7 Å². The number of hydrogen-bond acceptors (Lipinski definition) is 4. The van der Waals surface area contributed by atoms with Crippen molar-refractivity contribution in [2.75, 3.05) is 26.5 Å². The molecule has 0 bridgehead atoms. The molecule has 0 aliphatic carbocycles. The van der Waals surface area contributed by atoms with Crippen LogP contribution in [-0.2, 0) is 19.6 Å². The monoisotopic (exact) mass is 326 g/mol. The van der Waals surface area contributed by atoms with Gasteiger partial charge in [0.1, 0.15) is 0 Å². The van der Waals surface area contributed by atoms with Crippen molar-refractivity contribution in [3.8, 4) is 0 Å². The second-order valence-electron chi connectivity index (χ2n) is 5.47. The molecule has 1 aromatic carbocycles. The number of methoxy groups -OCH3 is 1. The summed E-state index contributed by atoms with van der Waals surface area (Å²) in [5, 5.41) is 2.95. The molecule has 2 rings (SSSR count). The van der Waals surface area contributed by atoms with Crippen LogP contribution in [-0.4, -0.2) is 51.1 Å². The zero-order valence-corrected chi connectivity index (χ0v) is 13.7. The van der Waals surface area contributed by atoms with E-state index in [0.29, 0.717) is 25.9 Å². The van der Waals surface area contributed by atoms with Crippen molar-refractivity contribution in [2.45, 2.75) is 25.0 Å². The largest absolute Gasteiger partial charge is 0.367 e. The first-order valence-corrected chi connectivity index (χ1v) is 9.10. The number of rotatable bonds is 5. The van der Waals surface area contributed by atoms with Crippen LogP contribution in [0.5, 0.6) is 0 Å². The normalized spacial score (nSPS) is 18.8. The third-order valence-electron chi connectivity index (χ3n) is 3.85. The molecule has 1 aliphatic rings. The lowest BCUT2D eigenvalue weighted by atomic mass is 10.0. The molecule has 1 N–H and O–H groups in total. The number of hydrogen-bond donors (Lipinski definition) is 1. The molecule has 1 aliphatic heterocycles. The Balaban J connectivity index is 1.92. The van der Waals surface area contributed by atoms with Gasteiger partial charge >= 0.3 is 0 Å². The highest BCUT2D eigenvalue weighted by atomic mass is 32.2. The van der Waals surface area contributed by atoms with Gasteiger partial charge in [0.2, 0.25) is 10.0 Å². The maximum atomic E-state index is 12.4. The molecule has 1 aromatic rings. The molecule has 7 heteroatoms. The molecular formula is C15H22N2O4S. The van der Waals surface area contributed by atoms with Crippen molar-refractivity contribution in [1.29, 1.82) is 0 Å². The zero-order chi connectivity index (χ0) is 16.2. The first-order chi connectivity index (χ1) is 10.4. The smallest absolute Gasteiger partial charge is 0.253 e. The topological polar surface area (TPSA) is 75.7 Å². The lowest BCUT2D eigenvalue weighted by Crippen LogP contribution is -2.47. The summed E-state index contributed by atoms with van der Waals surface area (Å²) in [5.74, 6) is -0.188. The minimum absolute atomic E-state index is 0.0214. The molecule has 1 fully saturated rings. The van der Waals surface area contributed by atoms with E-state index in [2.05, 4.69) is 5.32 Å². The van der Waals surface area contributed by atoms with Crippen LogP contribution in [0.1, 0.15) is 24.5 Å². The van der Waals surface area contributed by atoms with Crippen molar-refractivity contribution < 1.29 is 17.9 Å². The summed E-state index contributed by atoms with van der Waals surface area (Å²) in [6, 6.07) is 9.28. The van der Waals surface area contributed by atoms with Crippen LogP contribution >= 0.6 is 0 Å². The molecule has 0 radical (unpaired) electrons. The van der Waals surface area contributed by atoms with Gasteiger partial charge in [-0.15, -0.1) is 0 Å². The van der Waals surface area contributed by atoms with Gasteiger partial charge in [0, 0.05) is 26.2 Å². The first-order valence-electron chi connectivity index (χ1n) is 7.25. The number of nitrogens with one attached hydrogen (secondary N) is 1. The van der Waals surface area contributed by atoms with Gasteiger partial charge in [0.25, 0.3) is 5.91 Å². The molecule has 1 heterocycles. The summed E-state index contributed by atoms with van der Waals surface area (Å²) >= 11 is 0. The van der Waals surface area contributed by atoms with Crippen molar-refractivity contribution in [3.63, 3.8) is 0 Å². The molecular weight excluding hydrogens is 304 g/mol. The average Bonchev–Trinajstić information content (AvgIpc) is 2.48. The Hall–Kier alpha value is -1.44. The Labute approximate surface area is 131 Å². The van der Waals surface area contributed by atoms with Crippen LogP contribution in [0, 0.1) is 0 Å². The summed E-state index contributed by atoms with van der Waals surface area (Å²) < 4.78 is 29.7. The predicted octanol–water partition coefficient (Wildman–Crippen LogP) is 0.914. The fraction of sp³-hybridized carbons (Fsp3) is 0.533. The average molecular weight is 326 g/mol. The molecule has 122 valence electrons. The maximum absolute atomic E-state index is 12.4. The Morgan fingerprint density at radius 3 is 2.36 bits per heavy atom. The van der Waals surface area contributed by atoms with E-state index in [4.69, 9.17) is 4.74 Å². The van der Waals surface area contributed by atoms with Gasteiger partial charge in [0.15, 0.2) is 6.10 Å². The highest BCUT2D eigenvalue weighted by Crippen LogP contribution is 2.18. The van der Waals surface area contributed by atoms with Crippen LogP contribution < -0.4 is 5.32 Å². The number of piperidine rings is 1. The summed E-state index contributed by atoms with van der Waals surface area (Å²) in [7, 11) is -1.64. The van der Waals surface area contributed by atoms with Crippen LogP contribution in [0.25, 0.3) is 0 Å².